The molecule has 0 aromatic heterocycles. The molecule has 0 radical (unpaired) electrons. The summed E-state index contributed by atoms with van der Waals surface area (Å²) in [6, 6.07) is 0. The van der Waals surface area contributed by atoms with Crippen LogP contribution in [0.5, 0.6) is 0 Å². The Morgan fingerprint density at radius 2 is 1.47 bits per heavy atom. The Bertz CT molecular complexity index is 123. The first-order valence-corrected chi connectivity index (χ1v) is 6.77. The van der Waals surface area contributed by atoms with Gasteiger partial charge in [-0.15, -0.1) is 0 Å². The topological polar surface area (TPSA) is 17.1 Å². The summed E-state index contributed by atoms with van der Waals surface area (Å²) in [5.74, 6) is 0. The van der Waals surface area contributed by atoms with Gasteiger partial charge >= 0.3 is 0 Å². The van der Waals surface area contributed by atoms with E-state index in [0.29, 0.717) is 5.41 Å². The summed E-state index contributed by atoms with van der Waals surface area (Å²) in [6.07, 6.45) is 9.69. The van der Waals surface area contributed by atoms with Crippen molar-refractivity contribution in [1.82, 2.24) is 0 Å². The molecular formula is C14H30O. The van der Waals surface area contributed by atoms with Gasteiger partial charge in [0.2, 0.25) is 0 Å². The fraction of sp³-hybridized carbons (Fsp3) is 0.929. The molecule has 1 fully saturated rings. The second-order valence-electron chi connectivity index (χ2n) is 3.79. The molecule has 0 aliphatic heterocycles. The van der Waals surface area contributed by atoms with Crippen LogP contribution in [0.2, 0.25) is 0 Å². The van der Waals surface area contributed by atoms with Gasteiger partial charge in [-0.1, -0.05) is 60.3 Å². The van der Waals surface area contributed by atoms with E-state index in [1.165, 1.54) is 38.5 Å². The van der Waals surface area contributed by atoms with E-state index in [0.717, 1.165) is 12.7 Å². The van der Waals surface area contributed by atoms with Crippen molar-refractivity contribution >= 4 is 6.29 Å². The molecule has 0 unspecified atom stereocenters. The minimum absolute atomic E-state index is 0.403. The van der Waals surface area contributed by atoms with E-state index in [1.807, 2.05) is 27.7 Å². The van der Waals surface area contributed by atoms with Gasteiger partial charge in [0.1, 0.15) is 6.29 Å². The van der Waals surface area contributed by atoms with Crippen molar-refractivity contribution in [2.75, 3.05) is 0 Å². The third kappa shape index (κ3) is 6.70. The normalized spacial score (nSPS) is 17.7. The molecule has 1 saturated carbocycles. The summed E-state index contributed by atoms with van der Waals surface area (Å²) in [5, 5.41) is 0. The Morgan fingerprint density at radius 3 is 1.80 bits per heavy atom. The van der Waals surface area contributed by atoms with Crippen LogP contribution in [-0.2, 0) is 4.79 Å². The highest BCUT2D eigenvalue weighted by atomic mass is 16.1. The first kappa shape index (κ1) is 17.1. The summed E-state index contributed by atoms with van der Waals surface area (Å²) in [5.41, 5.74) is 0.403. The fourth-order valence-corrected chi connectivity index (χ4v) is 2.18. The molecule has 1 aliphatic carbocycles. The lowest BCUT2D eigenvalue weighted by atomic mass is 9.70. The number of carbonyl (C=O) groups excluding carboxylic acids is 1. The predicted molar refractivity (Wildman–Crippen MR) is 69.2 cm³/mol. The van der Waals surface area contributed by atoms with Crippen LogP contribution in [0.1, 0.15) is 79.6 Å². The number of aldehydes is 1. The minimum atomic E-state index is 0.403. The zero-order valence-corrected chi connectivity index (χ0v) is 11.4. The number of hydrogen-bond donors (Lipinski definition) is 0. The maximum Gasteiger partial charge on any atom is 0.120 e. The lowest BCUT2D eigenvalue weighted by molar-refractivity contribution is -0.110. The van der Waals surface area contributed by atoms with Crippen molar-refractivity contribution < 1.29 is 4.79 Å². The fourth-order valence-electron chi connectivity index (χ4n) is 2.18. The van der Waals surface area contributed by atoms with Gasteiger partial charge in [-0.25, -0.2) is 0 Å². The predicted octanol–water partition coefficient (Wildman–Crippen LogP) is 4.99. The average Bonchev–Trinajstić information content (AvgIpc) is 2.36. The van der Waals surface area contributed by atoms with Crippen LogP contribution in [0.4, 0.5) is 0 Å². The molecule has 0 spiro atoms. The van der Waals surface area contributed by atoms with Gasteiger partial charge in [0.05, 0.1) is 0 Å². The average molecular weight is 214 g/mol. The molecule has 0 saturated heterocycles. The Kier molecular flexibility index (Phi) is 13.4. The number of hydrogen-bond acceptors (Lipinski definition) is 1. The Labute approximate surface area is 96.7 Å². The first-order chi connectivity index (χ1) is 7.33. The van der Waals surface area contributed by atoms with Gasteiger partial charge in [-0.05, 0) is 18.3 Å². The van der Waals surface area contributed by atoms with Crippen LogP contribution >= 0.6 is 0 Å². The monoisotopic (exact) mass is 214 g/mol. The maximum atomic E-state index is 10.4. The Balaban J connectivity index is 0. The lowest BCUT2D eigenvalue weighted by Gasteiger charge is -2.34. The van der Waals surface area contributed by atoms with E-state index in [-0.39, 0.29) is 0 Å². The standard InChI is InChI=1S/C10H18O.2C2H6/c1-2-10(8-9-11)6-4-3-5-7-10;2*1-2/h9H,2-8H2,1H3;2*1-2H3. The summed E-state index contributed by atoms with van der Waals surface area (Å²) in [6.45, 7) is 10.2. The Morgan fingerprint density at radius 1 is 1.00 bits per heavy atom. The molecule has 15 heavy (non-hydrogen) atoms. The summed E-state index contributed by atoms with van der Waals surface area (Å²) < 4.78 is 0. The van der Waals surface area contributed by atoms with E-state index in [2.05, 4.69) is 6.92 Å². The maximum absolute atomic E-state index is 10.4. The van der Waals surface area contributed by atoms with Crippen molar-refractivity contribution in [3.8, 4) is 0 Å². The third-order valence-electron chi connectivity index (χ3n) is 3.18. The molecule has 92 valence electrons. The zero-order valence-electron chi connectivity index (χ0n) is 11.4. The summed E-state index contributed by atoms with van der Waals surface area (Å²) >= 11 is 0. The van der Waals surface area contributed by atoms with E-state index in [4.69, 9.17) is 0 Å². The summed E-state index contributed by atoms with van der Waals surface area (Å²) in [4.78, 5) is 10.4. The van der Waals surface area contributed by atoms with E-state index >= 15 is 0 Å². The largest absolute Gasteiger partial charge is 0.303 e. The molecule has 0 aromatic carbocycles. The lowest BCUT2D eigenvalue weighted by Crippen LogP contribution is -2.23. The van der Waals surface area contributed by atoms with Crippen molar-refractivity contribution in [2.45, 2.75) is 79.6 Å². The molecule has 1 rings (SSSR count). The number of rotatable bonds is 3. The highest BCUT2D eigenvalue weighted by molar-refractivity contribution is 5.50. The van der Waals surface area contributed by atoms with Gasteiger partial charge in [0.15, 0.2) is 0 Å². The van der Waals surface area contributed by atoms with Gasteiger partial charge in [-0.2, -0.15) is 0 Å². The molecule has 0 heterocycles. The van der Waals surface area contributed by atoms with Crippen LogP contribution in [0, 0.1) is 5.41 Å². The van der Waals surface area contributed by atoms with Gasteiger partial charge < -0.3 is 4.79 Å². The van der Waals surface area contributed by atoms with Crippen LogP contribution < -0.4 is 0 Å². The zero-order chi connectivity index (χ0) is 12.2. The minimum Gasteiger partial charge on any atom is -0.303 e. The van der Waals surface area contributed by atoms with Crippen LogP contribution in [0.25, 0.3) is 0 Å². The third-order valence-corrected chi connectivity index (χ3v) is 3.18. The van der Waals surface area contributed by atoms with Crippen molar-refractivity contribution in [3.63, 3.8) is 0 Å². The smallest absolute Gasteiger partial charge is 0.120 e. The molecule has 1 nitrogen and oxygen atoms in total. The number of carbonyl (C=O) groups is 1. The molecule has 0 N–H and O–H groups in total. The molecule has 0 bridgehead atoms. The molecule has 0 aromatic rings. The van der Waals surface area contributed by atoms with E-state index < -0.39 is 0 Å². The molecule has 0 amide bonds. The summed E-state index contributed by atoms with van der Waals surface area (Å²) in [7, 11) is 0. The van der Waals surface area contributed by atoms with Crippen molar-refractivity contribution in [1.29, 1.82) is 0 Å². The van der Waals surface area contributed by atoms with Gasteiger partial charge in [0, 0.05) is 6.42 Å². The molecule has 1 aliphatic rings. The highest BCUT2D eigenvalue weighted by Crippen LogP contribution is 2.41. The first-order valence-electron chi connectivity index (χ1n) is 6.77. The highest BCUT2D eigenvalue weighted by Gasteiger charge is 2.29. The van der Waals surface area contributed by atoms with E-state index in [9.17, 15) is 4.79 Å². The quantitative estimate of drug-likeness (QED) is 0.605. The van der Waals surface area contributed by atoms with E-state index in [1.54, 1.807) is 0 Å². The van der Waals surface area contributed by atoms with Gasteiger partial charge in [0.25, 0.3) is 0 Å². The second-order valence-corrected chi connectivity index (χ2v) is 3.79. The molecule has 0 atom stereocenters. The van der Waals surface area contributed by atoms with Crippen LogP contribution in [0.3, 0.4) is 0 Å². The van der Waals surface area contributed by atoms with Gasteiger partial charge in [-0.3, -0.25) is 0 Å². The second kappa shape index (κ2) is 11.7. The Hall–Kier alpha value is -0.330. The van der Waals surface area contributed by atoms with Crippen molar-refractivity contribution in [3.05, 3.63) is 0 Å². The van der Waals surface area contributed by atoms with Crippen LogP contribution in [0.15, 0.2) is 0 Å². The SMILES string of the molecule is CC.CC.CCC1(CC=O)CCCCC1. The molecule has 1 heteroatoms. The van der Waals surface area contributed by atoms with Crippen LogP contribution in [-0.4, -0.2) is 6.29 Å². The molecular weight excluding hydrogens is 184 g/mol. The van der Waals surface area contributed by atoms with Crippen molar-refractivity contribution in [2.24, 2.45) is 5.41 Å².